The number of rotatable bonds is 2. The number of benzene rings is 1. The van der Waals surface area contributed by atoms with Crippen LogP contribution >= 0.6 is 0 Å². The highest BCUT2D eigenvalue weighted by molar-refractivity contribution is 5.82. The van der Waals surface area contributed by atoms with Crippen molar-refractivity contribution in [1.82, 2.24) is 19.6 Å². The van der Waals surface area contributed by atoms with Crippen molar-refractivity contribution in [2.24, 2.45) is 0 Å². The lowest BCUT2D eigenvalue weighted by atomic mass is 9.89. The van der Waals surface area contributed by atoms with Crippen LogP contribution in [0.4, 0.5) is 10.2 Å². The average molecular weight is 375 g/mol. The van der Waals surface area contributed by atoms with E-state index in [0.717, 1.165) is 33.7 Å². The molecule has 0 aliphatic heterocycles. The fourth-order valence-corrected chi connectivity index (χ4v) is 3.19. The summed E-state index contributed by atoms with van der Waals surface area (Å²) in [6.07, 6.45) is 3.52. The topological polar surface area (TPSA) is 69.1 Å². The fraction of sp³-hybridized carbons (Fsp3) is 0.227. The van der Waals surface area contributed by atoms with Gasteiger partial charge in [0, 0.05) is 17.3 Å². The van der Waals surface area contributed by atoms with E-state index < -0.39 is 0 Å². The van der Waals surface area contributed by atoms with E-state index in [1.54, 1.807) is 35.8 Å². The van der Waals surface area contributed by atoms with Gasteiger partial charge in [-0.05, 0) is 59.9 Å². The third-order valence-electron chi connectivity index (χ3n) is 4.83. The molecule has 0 aliphatic carbocycles. The molecule has 0 saturated carbocycles. The van der Waals surface area contributed by atoms with E-state index in [-0.39, 0.29) is 11.2 Å². The molecule has 142 valence electrons. The third kappa shape index (κ3) is 3.11. The van der Waals surface area contributed by atoms with Crippen LogP contribution in [-0.4, -0.2) is 19.6 Å². The van der Waals surface area contributed by atoms with Crippen molar-refractivity contribution in [2.75, 3.05) is 5.73 Å². The zero-order chi connectivity index (χ0) is 20.1. The van der Waals surface area contributed by atoms with Crippen LogP contribution in [0.1, 0.15) is 31.9 Å². The molecule has 0 bridgehead atoms. The quantitative estimate of drug-likeness (QED) is 0.547. The summed E-state index contributed by atoms with van der Waals surface area (Å²) in [5.74, 6) is 0.176. The highest BCUT2D eigenvalue weighted by Crippen LogP contribution is 2.34. The van der Waals surface area contributed by atoms with E-state index in [1.807, 2.05) is 18.3 Å². The lowest BCUT2D eigenvalue weighted by Gasteiger charge is -2.18. The molecule has 2 N–H and O–H groups in total. The molecule has 6 heteroatoms. The van der Waals surface area contributed by atoms with Crippen LogP contribution in [0.3, 0.4) is 0 Å². The first-order valence-electron chi connectivity index (χ1n) is 9.12. The summed E-state index contributed by atoms with van der Waals surface area (Å²) in [7, 11) is 0. The summed E-state index contributed by atoms with van der Waals surface area (Å²) in [5.41, 5.74) is 11.5. The molecule has 4 aromatic rings. The van der Waals surface area contributed by atoms with Crippen molar-refractivity contribution in [1.29, 1.82) is 0 Å². The Balaban J connectivity index is 2.04. The molecule has 0 atom stereocenters. The maximum Gasteiger partial charge on any atom is 0.155 e. The second-order valence-corrected chi connectivity index (χ2v) is 8.01. The van der Waals surface area contributed by atoms with Crippen LogP contribution < -0.4 is 5.73 Å². The molecule has 0 unspecified atom stereocenters. The number of anilines is 1. The van der Waals surface area contributed by atoms with Gasteiger partial charge in [-0.3, -0.25) is 0 Å². The highest BCUT2D eigenvalue weighted by Gasteiger charge is 2.21. The maximum atomic E-state index is 13.8. The standard InChI is InChI=1S/C22H22FN5/c1-13-9-14(5-6-17(13)23)20-21(15-7-8-25-18(24)10-15)28-19(27-20)11-16(12-26-28)22(2,3)4/h5-12H,1-4H3,(H2,24,25). The van der Waals surface area contributed by atoms with Crippen LogP contribution in [0.5, 0.6) is 0 Å². The van der Waals surface area contributed by atoms with Crippen molar-refractivity contribution >= 4 is 11.5 Å². The summed E-state index contributed by atoms with van der Waals surface area (Å²) in [5, 5.41) is 4.66. The Morgan fingerprint density at radius 3 is 2.50 bits per heavy atom. The number of pyridine rings is 1. The molecule has 28 heavy (non-hydrogen) atoms. The lowest BCUT2D eigenvalue weighted by molar-refractivity contribution is 0.584. The van der Waals surface area contributed by atoms with Crippen LogP contribution in [0.2, 0.25) is 0 Å². The normalized spacial score (nSPS) is 11.9. The van der Waals surface area contributed by atoms with E-state index >= 15 is 0 Å². The zero-order valence-electron chi connectivity index (χ0n) is 16.4. The van der Waals surface area contributed by atoms with Crippen LogP contribution in [-0.2, 0) is 5.41 Å². The minimum Gasteiger partial charge on any atom is -0.384 e. The number of hydrogen-bond donors (Lipinski definition) is 1. The first kappa shape index (κ1) is 18.1. The number of halogens is 1. The second-order valence-electron chi connectivity index (χ2n) is 8.01. The summed E-state index contributed by atoms with van der Waals surface area (Å²) in [6.45, 7) is 8.16. The van der Waals surface area contributed by atoms with Gasteiger partial charge in [0.05, 0.1) is 11.9 Å². The van der Waals surface area contributed by atoms with Crippen molar-refractivity contribution in [2.45, 2.75) is 33.1 Å². The number of aromatic nitrogens is 4. The highest BCUT2D eigenvalue weighted by atomic mass is 19.1. The Morgan fingerprint density at radius 2 is 1.82 bits per heavy atom. The molecular formula is C22H22FN5. The molecule has 0 fully saturated rings. The van der Waals surface area contributed by atoms with Gasteiger partial charge in [0.15, 0.2) is 5.65 Å². The predicted molar refractivity (Wildman–Crippen MR) is 109 cm³/mol. The van der Waals surface area contributed by atoms with Gasteiger partial charge in [-0.1, -0.05) is 20.8 Å². The number of nitrogen functional groups attached to an aromatic ring is 1. The van der Waals surface area contributed by atoms with Gasteiger partial charge in [-0.15, -0.1) is 0 Å². The largest absolute Gasteiger partial charge is 0.384 e. The lowest BCUT2D eigenvalue weighted by Crippen LogP contribution is -2.12. The summed E-state index contributed by atoms with van der Waals surface area (Å²) in [6, 6.07) is 10.7. The van der Waals surface area contributed by atoms with E-state index in [9.17, 15) is 4.39 Å². The van der Waals surface area contributed by atoms with E-state index in [4.69, 9.17) is 10.7 Å². The van der Waals surface area contributed by atoms with Gasteiger partial charge in [0.1, 0.15) is 17.3 Å². The van der Waals surface area contributed by atoms with Gasteiger partial charge in [0.25, 0.3) is 0 Å². The molecule has 5 nitrogen and oxygen atoms in total. The minimum atomic E-state index is -0.240. The molecule has 0 radical (unpaired) electrons. The number of aryl methyl sites for hydroxylation is 1. The number of nitrogens with two attached hydrogens (primary N) is 1. The molecule has 0 spiro atoms. The summed E-state index contributed by atoms with van der Waals surface area (Å²) < 4.78 is 15.6. The van der Waals surface area contributed by atoms with Gasteiger partial charge in [-0.2, -0.15) is 5.10 Å². The smallest absolute Gasteiger partial charge is 0.155 e. The first-order valence-corrected chi connectivity index (χ1v) is 9.12. The van der Waals surface area contributed by atoms with Crippen LogP contribution in [0, 0.1) is 12.7 Å². The Bertz CT molecular complexity index is 1190. The van der Waals surface area contributed by atoms with Crippen molar-refractivity contribution in [3.05, 3.63) is 65.7 Å². The maximum absolute atomic E-state index is 13.8. The molecule has 0 aliphatic rings. The van der Waals surface area contributed by atoms with E-state index in [1.165, 1.54) is 6.07 Å². The number of fused-ring (bicyclic) bond motifs is 1. The second kappa shape index (κ2) is 6.41. The summed E-state index contributed by atoms with van der Waals surface area (Å²) in [4.78, 5) is 8.93. The molecule has 3 heterocycles. The number of nitrogens with zero attached hydrogens (tertiary/aromatic N) is 4. The molecular weight excluding hydrogens is 353 g/mol. The van der Waals surface area contributed by atoms with E-state index in [2.05, 4.69) is 30.9 Å². The Labute approximate surface area is 163 Å². The van der Waals surface area contributed by atoms with Crippen molar-refractivity contribution < 1.29 is 4.39 Å². The number of imidazole rings is 1. The monoisotopic (exact) mass is 375 g/mol. The number of hydrogen-bond acceptors (Lipinski definition) is 4. The van der Waals surface area contributed by atoms with Crippen LogP contribution in [0.25, 0.3) is 28.2 Å². The van der Waals surface area contributed by atoms with Gasteiger partial charge >= 0.3 is 0 Å². The molecule has 1 aromatic carbocycles. The van der Waals surface area contributed by atoms with Crippen molar-refractivity contribution in [3.8, 4) is 22.5 Å². The Morgan fingerprint density at radius 1 is 1.04 bits per heavy atom. The first-order chi connectivity index (χ1) is 13.2. The zero-order valence-corrected chi connectivity index (χ0v) is 16.4. The predicted octanol–water partition coefficient (Wildman–Crippen LogP) is 4.79. The van der Waals surface area contributed by atoms with E-state index in [0.29, 0.717) is 11.4 Å². The Hall–Kier alpha value is -3.28. The van der Waals surface area contributed by atoms with Crippen LogP contribution in [0.15, 0.2) is 48.8 Å². The molecule has 4 rings (SSSR count). The van der Waals surface area contributed by atoms with Crippen molar-refractivity contribution in [3.63, 3.8) is 0 Å². The fourth-order valence-electron chi connectivity index (χ4n) is 3.19. The Kier molecular flexibility index (Phi) is 4.14. The molecule has 3 aromatic heterocycles. The van der Waals surface area contributed by atoms with Gasteiger partial charge < -0.3 is 5.73 Å². The van der Waals surface area contributed by atoms with Gasteiger partial charge in [0.2, 0.25) is 0 Å². The molecule has 0 amide bonds. The van der Waals surface area contributed by atoms with Gasteiger partial charge in [-0.25, -0.2) is 18.9 Å². The minimum absolute atomic E-state index is 0.0470. The summed E-state index contributed by atoms with van der Waals surface area (Å²) >= 11 is 0. The SMILES string of the molecule is Cc1cc(-c2nc3cc(C(C)(C)C)cnn3c2-c2ccnc(N)c2)ccc1F. The average Bonchev–Trinajstić information content (AvgIpc) is 3.02. The third-order valence-corrected chi connectivity index (χ3v) is 4.83. The molecule has 0 saturated heterocycles.